The largest absolute Gasteiger partial charge is 0.497 e. The zero-order chi connectivity index (χ0) is 15.4. The summed E-state index contributed by atoms with van der Waals surface area (Å²) in [7, 11) is 5.68. The fraction of sp³-hybridized carbons (Fsp3) is 0.333. The molecule has 6 heteroatoms. The average molecular weight is 305 g/mol. The highest BCUT2D eigenvalue weighted by atomic mass is 32.1. The summed E-state index contributed by atoms with van der Waals surface area (Å²) in [6, 6.07) is 9.56. The Morgan fingerprint density at radius 1 is 1.38 bits per heavy atom. The summed E-state index contributed by atoms with van der Waals surface area (Å²) in [6.07, 6.45) is 1.72. The van der Waals surface area contributed by atoms with E-state index in [-0.39, 0.29) is 11.6 Å². The summed E-state index contributed by atoms with van der Waals surface area (Å²) >= 11 is 5.21. The quantitative estimate of drug-likeness (QED) is 0.861. The van der Waals surface area contributed by atoms with Gasteiger partial charge in [-0.05, 0) is 44.0 Å². The number of likely N-dealkylation sites (N-methyl/N-ethyl adjacent to an activating group) is 1. The van der Waals surface area contributed by atoms with Crippen molar-refractivity contribution < 1.29 is 4.74 Å². The molecule has 1 aromatic carbocycles. The third kappa shape index (κ3) is 3.80. The maximum Gasteiger partial charge on any atom is 0.251 e. The monoisotopic (exact) mass is 305 g/mol. The van der Waals surface area contributed by atoms with Crippen molar-refractivity contribution in [1.82, 2.24) is 14.5 Å². The average Bonchev–Trinajstić information content (AvgIpc) is 2.46. The van der Waals surface area contributed by atoms with E-state index in [1.54, 1.807) is 13.3 Å². The molecule has 5 nitrogen and oxygen atoms in total. The Balaban J connectivity index is 2.35. The first kappa shape index (κ1) is 15.5. The summed E-state index contributed by atoms with van der Waals surface area (Å²) in [5.41, 5.74) is 0.950. The number of aromatic amines is 1. The maximum atomic E-state index is 11.3. The highest BCUT2D eigenvalue weighted by molar-refractivity contribution is 7.71. The minimum Gasteiger partial charge on any atom is -0.497 e. The van der Waals surface area contributed by atoms with Crippen LogP contribution in [0.4, 0.5) is 0 Å². The number of aromatic nitrogens is 2. The first-order chi connectivity index (χ1) is 10.0. The third-order valence-electron chi connectivity index (χ3n) is 3.37. The molecular formula is C15H19N3O2S. The van der Waals surface area contributed by atoms with E-state index in [1.807, 2.05) is 36.9 Å². The Labute approximate surface area is 128 Å². The number of nitrogens with zero attached hydrogens (tertiary/aromatic N) is 2. The lowest BCUT2D eigenvalue weighted by Gasteiger charge is -2.26. The van der Waals surface area contributed by atoms with E-state index in [9.17, 15) is 4.79 Å². The molecule has 0 amide bonds. The van der Waals surface area contributed by atoms with Crippen LogP contribution in [-0.4, -0.2) is 35.7 Å². The molecule has 0 fully saturated rings. The van der Waals surface area contributed by atoms with Crippen molar-refractivity contribution in [2.24, 2.45) is 0 Å². The summed E-state index contributed by atoms with van der Waals surface area (Å²) < 4.78 is 7.57. The molecule has 1 N–H and O–H groups in total. The predicted molar refractivity (Wildman–Crippen MR) is 85.3 cm³/mol. The van der Waals surface area contributed by atoms with Crippen LogP contribution in [0.25, 0.3) is 0 Å². The van der Waals surface area contributed by atoms with Crippen LogP contribution in [-0.2, 0) is 6.54 Å². The van der Waals surface area contributed by atoms with Gasteiger partial charge in [-0.3, -0.25) is 9.78 Å². The number of nitrogens with one attached hydrogen (secondary N) is 1. The fourth-order valence-electron chi connectivity index (χ4n) is 2.19. The number of H-pyrrole nitrogens is 1. The van der Waals surface area contributed by atoms with Crippen LogP contribution in [0, 0.1) is 4.77 Å². The van der Waals surface area contributed by atoms with Gasteiger partial charge in [0.1, 0.15) is 5.75 Å². The van der Waals surface area contributed by atoms with E-state index in [0.717, 1.165) is 11.3 Å². The molecule has 21 heavy (non-hydrogen) atoms. The van der Waals surface area contributed by atoms with Gasteiger partial charge in [0.25, 0.3) is 5.56 Å². The molecule has 0 spiro atoms. The molecule has 1 unspecified atom stereocenters. The molecule has 0 saturated heterocycles. The summed E-state index contributed by atoms with van der Waals surface area (Å²) in [6.45, 7) is 0.649. The summed E-state index contributed by atoms with van der Waals surface area (Å²) in [4.78, 5) is 16.0. The van der Waals surface area contributed by atoms with Crippen LogP contribution in [0.5, 0.6) is 5.75 Å². The molecule has 1 heterocycles. The summed E-state index contributed by atoms with van der Waals surface area (Å²) in [5, 5.41) is 0. The van der Waals surface area contributed by atoms with Crippen LogP contribution in [0.2, 0.25) is 0 Å². The Bertz CT molecular complexity index is 721. The first-order valence-electron chi connectivity index (χ1n) is 6.61. The number of hydrogen-bond acceptors (Lipinski definition) is 4. The van der Waals surface area contributed by atoms with E-state index in [4.69, 9.17) is 17.0 Å². The Morgan fingerprint density at radius 3 is 2.76 bits per heavy atom. The number of methoxy groups -OCH3 is 1. The van der Waals surface area contributed by atoms with Crippen molar-refractivity contribution >= 4 is 12.2 Å². The van der Waals surface area contributed by atoms with Crippen molar-refractivity contribution in [2.45, 2.75) is 12.6 Å². The number of hydrogen-bond donors (Lipinski definition) is 1. The Hall–Kier alpha value is -1.92. The minimum absolute atomic E-state index is 0.123. The minimum atomic E-state index is -0.181. The van der Waals surface area contributed by atoms with Crippen molar-refractivity contribution in [2.75, 3.05) is 21.2 Å². The summed E-state index contributed by atoms with van der Waals surface area (Å²) in [5.74, 6) is 0.824. The van der Waals surface area contributed by atoms with Gasteiger partial charge in [-0.2, -0.15) is 0 Å². The van der Waals surface area contributed by atoms with Crippen LogP contribution >= 0.6 is 12.2 Å². The SMILES string of the molecule is COc1cccc(C(Cn2ccc(=O)[nH]c2=S)N(C)C)c1. The van der Waals surface area contributed by atoms with Crippen LogP contribution in [0.3, 0.4) is 0 Å². The molecule has 1 aromatic heterocycles. The zero-order valence-electron chi connectivity index (χ0n) is 12.4. The molecule has 0 aliphatic heterocycles. The molecule has 0 aliphatic rings. The highest BCUT2D eigenvalue weighted by Gasteiger charge is 2.15. The first-order valence-corrected chi connectivity index (χ1v) is 7.02. The maximum absolute atomic E-state index is 11.3. The molecule has 2 aromatic rings. The van der Waals surface area contributed by atoms with Gasteiger partial charge in [0.2, 0.25) is 0 Å². The molecule has 0 aliphatic carbocycles. The number of benzene rings is 1. The normalized spacial score (nSPS) is 12.4. The van der Waals surface area contributed by atoms with Gasteiger partial charge >= 0.3 is 0 Å². The molecule has 0 radical (unpaired) electrons. The third-order valence-corrected chi connectivity index (χ3v) is 3.70. The van der Waals surface area contributed by atoms with Crippen LogP contribution in [0.15, 0.2) is 41.3 Å². The smallest absolute Gasteiger partial charge is 0.251 e. The molecule has 1 atom stereocenters. The van der Waals surface area contributed by atoms with Gasteiger partial charge in [-0.1, -0.05) is 12.1 Å². The predicted octanol–water partition coefficient (Wildman–Crippen LogP) is 2.22. The van der Waals surface area contributed by atoms with Crippen molar-refractivity contribution in [3.63, 3.8) is 0 Å². The topological polar surface area (TPSA) is 50.3 Å². The van der Waals surface area contributed by atoms with Gasteiger partial charge in [0, 0.05) is 18.8 Å². The van der Waals surface area contributed by atoms with Gasteiger partial charge in [-0.25, -0.2) is 0 Å². The number of ether oxygens (including phenoxy) is 1. The highest BCUT2D eigenvalue weighted by Crippen LogP contribution is 2.24. The zero-order valence-corrected chi connectivity index (χ0v) is 13.2. The van der Waals surface area contributed by atoms with Gasteiger partial charge in [-0.15, -0.1) is 0 Å². The second-order valence-corrected chi connectivity index (χ2v) is 5.41. The van der Waals surface area contributed by atoms with Crippen LogP contribution < -0.4 is 10.3 Å². The lowest BCUT2D eigenvalue weighted by molar-refractivity contribution is 0.266. The molecule has 2 rings (SSSR count). The number of rotatable bonds is 5. The lowest BCUT2D eigenvalue weighted by atomic mass is 10.1. The van der Waals surface area contributed by atoms with Crippen molar-refractivity contribution in [3.8, 4) is 5.75 Å². The fourth-order valence-corrected chi connectivity index (χ4v) is 2.43. The molecular weight excluding hydrogens is 286 g/mol. The van der Waals surface area contributed by atoms with E-state index < -0.39 is 0 Å². The van der Waals surface area contributed by atoms with Crippen molar-refractivity contribution in [3.05, 3.63) is 57.2 Å². The molecule has 112 valence electrons. The molecule has 0 bridgehead atoms. The Morgan fingerprint density at radius 2 is 2.14 bits per heavy atom. The van der Waals surface area contributed by atoms with Gasteiger partial charge in [0.05, 0.1) is 13.2 Å². The van der Waals surface area contributed by atoms with E-state index in [2.05, 4.69) is 16.0 Å². The lowest BCUT2D eigenvalue weighted by Crippen LogP contribution is -2.26. The second-order valence-electron chi connectivity index (χ2n) is 5.02. The second kappa shape index (κ2) is 6.69. The van der Waals surface area contributed by atoms with E-state index in [1.165, 1.54) is 6.07 Å². The van der Waals surface area contributed by atoms with E-state index >= 15 is 0 Å². The van der Waals surface area contributed by atoms with Gasteiger partial charge < -0.3 is 14.2 Å². The van der Waals surface area contributed by atoms with Gasteiger partial charge in [0.15, 0.2) is 4.77 Å². The molecule has 0 saturated carbocycles. The van der Waals surface area contributed by atoms with Crippen LogP contribution in [0.1, 0.15) is 11.6 Å². The van der Waals surface area contributed by atoms with E-state index in [0.29, 0.717) is 11.3 Å². The Kier molecular flexibility index (Phi) is 4.93. The van der Waals surface area contributed by atoms with Crippen molar-refractivity contribution in [1.29, 1.82) is 0 Å². The standard InChI is InChI=1S/C15H19N3O2S/c1-17(2)13(11-5-4-6-12(9-11)20-3)10-18-8-7-14(19)16-15(18)21/h4-9,13H,10H2,1-3H3,(H,16,19,21).